The van der Waals surface area contributed by atoms with Crippen LogP contribution in [0.25, 0.3) is 0 Å². The Hall–Kier alpha value is -1.74. The van der Waals surface area contributed by atoms with Gasteiger partial charge in [-0.1, -0.05) is 0 Å². The van der Waals surface area contributed by atoms with Crippen molar-refractivity contribution in [1.82, 2.24) is 5.32 Å². The molecule has 0 aliphatic rings. The molecule has 1 rings (SSSR count). The van der Waals surface area contributed by atoms with Crippen LogP contribution in [0, 0.1) is 11.6 Å². The minimum Gasteiger partial charge on any atom is -0.383 e. The highest BCUT2D eigenvalue weighted by molar-refractivity contribution is 7.89. The van der Waals surface area contributed by atoms with Gasteiger partial charge >= 0.3 is 0 Å². The van der Waals surface area contributed by atoms with E-state index in [1.807, 2.05) is 0 Å². The van der Waals surface area contributed by atoms with Gasteiger partial charge in [-0.3, -0.25) is 4.79 Å². The smallest absolute Gasteiger partial charge is 0.251 e. The molecule has 0 fully saturated rings. The molecule has 4 N–H and O–H groups in total. The number of anilines is 1. The van der Waals surface area contributed by atoms with Gasteiger partial charge in [0.2, 0.25) is 10.0 Å². The first-order chi connectivity index (χ1) is 9.24. The molecule has 1 aromatic rings. The lowest BCUT2D eigenvalue weighted by Gasteiger charge is -2.08. The highest BCUT2D eigenvalue weighted by Crippen LogP contribution is 2.20. The molecule has 0 spiro atoms. The van der Waals surface area contributed by atoms with Crippen molar-refractivity contribution in [2.24, 2.45) is 5.14 Å². The van der Waals surface area contributed by atoms with Crippen molar-refractivity contribution >= 4 is 21.6 Å². The first-order valence-corrected chi connectivity index (χ1v) is 7.41. The van der Waals surface area contributed by atoms with E-state index in [0.717, 1.165) is 12.1 Å². The molecule has 1 aromatic carbocycles. The van der Waals surface area contributed by atoms with Crippen LogP contribution in [0.4, 0.5) is 14.5 Å². The van der Waals surface area contributed by atoms with Gasteiger partial charge < -0.3 is 10.6 Å². The number of benzene rings is 1. The van der Waals surface area contributed by atoms with Gasteiger partial charge in [0.05, 0.1) is 5.75 Å². The Morgan fingerprint density at radius 2 is 1.85 bits per heavy atom. The molecule has 0 heterocycles. The maximum atomic E-state index is 13.4. The summed E-state index contributed by atoms with van der Waals surface area (Å²) >= 11 is 0. The molecule has 0 saturated carbocycles. The van der Waals surface area contributed by atoms with Crippen LogP contribution in [-0.4, -0.2) is 33.7 Å². The fourth-order valence-electron chi connectivity index (χ4n) is 1.52. The van der Waals surface area contributed by atoms with Gasteiger partial charge in [0.15, 0.2) is 0 Å². The van der Waals surface area contributed by atoms with Crippen molar-refractivity contribution in [2.75, 3.05) is 24.7 Å². The van der Waals surface area contributed by atoms with Gasteiger partial charge in [-0.25, -0.2) is 22.3 Å². The van der Waals surface area contributed by atoms with Gasteiger partial charge in [-0.2, -0.15) is 0 Å². The van der Waals surface area contributed by atoms with Crippen LogP contribution in [0.2, 0.25) is 0 Å². The summed E-state index contributed by atoms with van der Waals surface area (Å²) in [5, 5.41) is 9.48. The molecule has 6 nitrogen and oxygen atoms in total. The second kappa shape index (κ2) is 6.62. The number of nitrogens with two attached hydrogens (primary N) is 1. The summed E-state index contributed by atoms with van der Waals surface area (Å²) in [7, 11) is -2.23. The highest BCUT2D eigenvalue weighted by atomic mass is 32.2. The Morgan fingerprint density at radius 3 is 2.30 bits per heavy atom. The topological polar surface area (TPSA) is 101 Å². The highest BCUT2D eigenvalue weighted by Gasteiger charge is 2.14. The van der Waals surface area contributed by atoms with Gasteiger partial charge in [0, 0.05) is 19.2 Å². The van der Waals surface area contributed by atoms with Crippen LogP contribution in [0.15, 0.2) is 12.1 Å². The maximum absolute atomic E-state index is 13.4. The number of carbonyl (C=O) groups excluding carboxylic acids is 1. The SMILES string of the molecule is CNc1c(F)cc(C(=O)NCCCS(N)(=O)=O)cc1F. The molecule has 0 radical (unpaired) electrons. The molecule has 112 valence electrons. The molecule has 0 saturated heterocycles. The Balaban J connectivity index is 2.65. The lowest BCUT2D eigenvalue weighted by atomic mass is 10.1. The number of rotatable bonds is 6. The first kappa shape index (κ1) is 16.3. The molecule has 0 bridgehead atoms. The van der Waals surface area contributed by atoms with E-state index in [1.165, 1.54) is 7.05 Å². The zero-order valence-electron chi connectivity index (χ0n) is 10.7. The van der Waals surface area contributed by atoms with E-state index in [1.54, 1.807) is 0 Å². The Kier molecular flexibility index (Phi) is 5.40. The minimum absolute atomic E-state index is 0.0340. The van der Waals surface area contributed by atoms with Crippen molar-refractivity contribution in [3.63, 3.8) is 0 Å². The number of halogens is 2. The molecular weight excluding hydrogens is 292 g/mol. The third kappa shape index (κ3) is 4.74. The average Bonchev–Trinajstić information content (AvgIpc) is 2.32. The fourth-order valence-corrected chi connectivity index (χ4v) is 2.07. The Morgan fingerprint density at radius 1 is 1.30 bits per heavy atom. The number of nitrogens with one attached hydrogen (secondary N) is 2. The van der Waals surface area contributed by atoms with Crippen LogP contribution in [-0.2, 0) is 10.0 Å². The van der Waals surface area contributed by atoms with Gasteiger partial charge in [0.25, 0.3) is 5.91 Å². The van der Waals surface area contributed by atoms with Crippen molar-refractivity contribution in [1.29, 1.82) is 0 Å². The third-order valence-electron chi connectivity index (χ3n) is 2.45. The summed E-state index contributed by atoms with van der Waals surface area (Å²) in [5.41, 5.74) is -0.509. The first-order valence-electron chi connectivity index (χ1n) is 5.70. The van der Waals surface area contributed by atoms with Crippen LogP contribution in [0.1, 0.15) is 16.8 Å². The van der Waals surface area contributed by atoms with E-state index in [-0.39, 0.29) is 30.0 Å². The summed E-state index contributed by atoms with van der Waals surface area (Å²) in [5.74, 6) is -2.75. The lowest BCUT2D eigenvalue weighted by Crippen LogP contribution is -2.27. The second-order valence-electron chi connectivity index (χ2n) is 4.04. The standard InChI is InChI=1S/C11H15F2N3O3S/c1-15-10-8(12)5-7(6-9(10)13)11(17)16-3-2-4-20(14,18)19/h5-6,15H,2-4H2,1H3,(H,16,17)(H2,14,18,19). The summed E-state index contributed by atoms with van der Waals surface area (Å²) in [6.07, 6.45) is 0.115. The van der Waals surface area contributed by atoms with E-state index < -0.39 is 27.6 Å². The maximum Gasteiger partial charge on any atom is 0.251 e. The number of hydrogen-bond acceptors (Lipinski definition) is 4. The molecule has 0 aliphatic heterocycles. The summed E-state index contributed by atoms with van der Waals surface area (Å²) in [4.78, 5) is 11.6. The van der Waals surface area contributed by atoms with E-state index in [0.29, 0.717) is 0 Å². The van der Waals surface area contributed by atoms with Gasteiger partial charge in [-0.05, 0) is 18.6 Å². The quantitative estimate of drug-likeness (QED) is 0.663. The zero-order chi connectivity index (χ0) is 15.3. The summed E-state index contributed by atoms with van der Waals surface area (Å²) in [6, 6.07) is 1.79. The van der Waals surface area contributed by atoms with E-state index in [2.05, 4.69) is 10.6 Å². The van der Waals surface area contributed by atoms with Gasteiger partial charge in [-0.15, -0.1) is 0 Å². The van der Waals surface area contributed by atoms with E-state index >= 15 is 0 Å². The van der Waals surface area contributed by atoms with Gasteiger partial charge in [0.1, 0.15) is 17.3 Å². The number of sulfonamides is 1. The fraction of sp³-hybridized carbons (Fsp3) is 0.364. The Bertz CT molecular complexity index is 582. The normalized spacial score (nSPS) is 11.2. The minimum atomic E-state index is -3.59. The number of hydrogen-bond donors (Lipinski definition) is 3. The summed E-state index contributed by atoms with van der Waals surface area (Å²) in [6.45, 7) is 0.0340. The monoisotopic (exact) mass is 307 g/mol. The number of primary sulfonamides is 1. The lowest BCUT2D eigenvalue weighted by molar-refractivity contribution is 0.0953. The molecule has 0 aromatic heterocycles. The summed E-state index contributed by atoms with van der Waals surface area (Å²) < 4.78 is 48.2. The molecule has 0 atom stereocenters. The molecule has 20 heavy (non-hydrogen) atoms. The van der Waals surface area contributed by atoms with Crippen LogP contribution < -0.4 is 15.8 Å². The molecule has 1 amide bonds. The van der Waals surface area contributed by atoms with Crippen molar-refractivity contribution in [3.8, 4) is 0 Å². The predicted molar refractivity (Wildman–Crippen MR) is 70.8 cm³/mol. The van der Waals surface area contributed by atoms with Crippen LogP contribution in [0.3, 0.4) is 0 Å². The third-order valence-corrected chi connectivity index (χ3v) is 3.30. The molecule has 0 unspecified atom stereocenters. The second-order valence-corrected chi connectivity index (χ2v) is 5.78. The van der Waals surface area contributed by atoms with E-state index in [9.17, 15) is 22.0 Å². The van der Waals surface area contributed by atoms with Crippen molar-refractivity contribution < 1.29 is 22.0 Å². The number of amides is 1. The van der Waals surface area contributed by atoms with E-state index in [4.69, 9.17) is 5.14 Å². The average molecular weight is 307 g/mol. The van der Waals surface area contributed by atoms with Crippen LogP contribution >= 0.6 is 0 Å². The van der Waals surface area contributed by atoms with Crippen molar-refractivity contribution in [3.05, 3.63) is 29.3 Å². The Labute approximate surface area is 115 Å². The molecule has 0 aliphatic carbocycles. The zero-order valence-corrected chi connectivity index (χ0v) is 11.6. The number of carbonyl (C=O) groups is 1. The molecule has 9 heteroatoms. The van der Waals surface area contributed by atoms with Crippen LogP contribution in [0.5, 0.6) is 0 Å². The predicted octanol–water partition coefficient (Wildman–Crippen LogP) is 0.415. The molecular formula is C11H15F2N3O3S. The largest absolute Gasteiger partial charge is 0.383 e. The van der Waals surface area contributed by atoms with Crippen molar-refractivity contribution in [2.45, 2.75) is 6.42 Å².